The summed E-state index contributed by atoms with van der Waals surface area (Å²) in [6, 6.07) is 4.99. The first-order valence-corrected chi connectivity index (χ1v) is 8.46. The number of carbonyl (C=O) groups is 2. The van der Waals surface area contributed by atoms with Crippen LogP contribution in [0.4, 0.5) is 0 Å². The number of ether oxygens (including phenoxy) is 2. The topological polar surface area (TPSA) is 52.6 Å². The zero-order chi connectivity index (χ0) is 17.2. The molecular weight excluding hydrogens is 316 g/mol. The van der Waals surface area contributed by atoms with Gasteiger partial charge in [0.1, 0.15) is 5.75 Å². The zero-order valence-corrected chi connectivity index (χ0v) is 14.8. The van der Waals surface area contributed by atoms with E-state index in [-0.39, 0.29) is 24.9 Å². The van der Waals surface area contributed by atoms with Crippen molar-refractivity contribution >= 4 is 23.5 Å². The van der Waals surface area contributed by atoms with Crippen molar-refractivity contribution in [2.75, 3.05) is 0 Å². The molecular formula is C18H25ClO4. The maximum Gasteiger partial charge on any atom is 0.311 e. The van der Waals surface area contributed by atoms with Gasteiger partial charge < -0.3 is 9.47 Å². The molecule has 0 aliphatic carbocycles. The molecule has 0 fully saturated rings. The minimum Gasteiger partial charge on any atom is -0.463 e. The molecule has 0 bridgehead atoms. The number of carbonyl (C=O) groups excluding carboxylic acids is 2. The van der Waals surface area contributed by atoms with Crippen LogP contribution >= 0.6 is 11.6 Å². The Balaban J connectivity index is 2.29. The second kappa shape index (κ2) is 10.3. The van der Waals surface area contributed by atoms with Crippen LogP contribution in [0.5, 0.6) is 5.75 Å². The van der Waals surface area contributed by atoms with Crippen LogP contribution in [0.2, 0.25) is 5.02 Å². The highest BCUT2D eigenvalue weighted by atomic mass is 35.5. The standard InChI is InChI=1S/C18H25ClO4/c1-4-5-6-7-14(3)22-17(20)10-11-18(21)23-15-8-9-16(19)13(2)12-15/h8-9,12,14H,4-7,10-11H2,1-3H3. The minimum absolute atomic E-state index is 0.00217. The molecule has 0 heterocycles. The molecule has 0 aliphatic rings. The Morgan fingerprint density at radius 1 is 1.17 bits per heavy atom. The molecule has 0 saturated heterocycles. The van der Waals surface area contributed by atoms with Gasteiger partial charge in [-0.1, -0.05) is 31.4 Å². The van der Waals surface area contributed by atoms with Gasteiger partial charge in [0.2, 0.25) is 0 Å². The smallest absolute Gasteiger partial charge is 0.311 e. The van der Waals surface area contributed by atoms with E-state index < -0.39 is 5.97 Å². The maximum atomic E-state index is 11.7. The molecule has 4 nitrogen and oxygen atoms in total. The third-order valence-corrected chi connectivity index (χ3v) is 3.87. The summed E-state index contributed by atoms with van der Waals surface area (Å²) in [7, 11) is 0. The summed E-state index contributed by atoms with van der Waals surface area (Å²) in [5, 5.41) is 0.616. The SMILES string of the molecule is CCCCCC(C)OC(=O)CCC(=O)Oc1ccc(Cl)c(C)c1. The summed E-state index contributed by atoms with van der Waals surface area (Å²) in [5.74, 6) is -0.390. The Kier molecular flexibility index (Phi) is 8.70. The Morgan fingerprint density at radius 2 is 1.87 bits per heavy atom. The Bertz CT molecular complexity index is 528. The predicted octanol–water partition coefficient (Wildman–Crippen LogP) is 4.85. The average molecular weight is 341 g/mol. The highest BCUT2D eigenvalue weighted by Crippen LogP contribution is 2.21. The zero-order valence-electron chi connectivity index (χ0n) is 14.1. The quantitative estimate of drug-likeness (QED) is 0.366. The van der Waals surface area contributed by atoms with Crippen molar-refractivity contribution in [1.29, 1.82) is 0 Å². The van der Waals surface area contributed by atoms with Gasteiger partial charge in [-0.15, -0.1) is 0 Å². The first-order valence-electron chi connectivity index (χ1n) is 8.08. The lowest BCUT2D eigenvalue weighted by Gasteiger charge is -2.12. The third kappa shape index (κ3) is 8.03. The van der Waals surface area contributed by atoms with Crippen LogP contribution in [0.3, 0.4) is 0 Å². The molecule has 0 radical (unpaired) electrons. The fourth-order valence-electron chi connectivity index (χ4n) is 2.09. The van der Waals surface area contributed by atoms with E-state index in [0.29, 0.717) is 10.8 Å². The number of aryl methyl sites for hydroxylation is 1. The van der Waals surface area contributed by atoms with E-state index in [9.17, 15) is 9.59 Å². The van der Waals surface area contributed by atoms with Crippen molar-refractivity contribution in [2.24, 2.45) is 0 Å². The summed E-state index contributed by atoms with van der Waals surface area (Å²) in [5.41, 5.74) is 0.831. The number of benzene rings is 1. The number of esters is 2. The van der Waals surface area contributed by atoms with Gasteiger partial charge in [-0.05, 0) is 50.5 Å². The van der Waals surface area contributed by atoms with Gasteiger partial charge >= 0.3 is 11.9 Å². The molecule has 1 unspecified atom stereocenters. The summed E-state index contributed by atoms with van der Waals surface area (Å²) in [6.07, 6.45) is 4.10. The fraction of sp³-hybridized carbons (Fsp3) is 0.556. The monoisotopic (exact) mass is 340 g/mol. The first kappa shape index (κ1) is 19.5. The molecule has 23 heavy (non-hydrogen) atoms. The molecule has 0 aromatic heterocycles. The van der Waals surface area contributed by atoms with E-state index in [1.807, 2.05) is 13.8 Å². The molecule has 0 saturated carbocycles. The molecule has 5 heteroatoms. The number of unbranched alkanes of at least 4 members (excludes halogenated alkanes) is 2. The van der Waals surface area contributed by atoms with Crippen LogP contribution in [-0.2, 0) is 14.3 Å². The molecule has 1 aromatic carbocycles. The Labute approximate surface area is 143 Å². The van der Waals surface area contributed by atoms with Crippen LogP contribution in [0.25, 0.3) is 0 Å². The second-order valence-electron chi connectivity index (χ2n) is 5.68. The molecule has 1 atom stereocenters. The molecule has 0 N–H and O–H groups in total. The van der Waals surface area contributed by atoms with Crippen molar-refractivity contribution in [3.63, 3.8) is 0 Å². The van der Waals surface area contributed by atoms with Gasteiger partial charge in [0, 0.05) is 5.02 Å². The summed E-state index contributed by atoms with van der Waals surface area (Å²) < 4.78 is 10.4. The van der Waals surface area contributed by atoms with Crippen LogP contribution < -0.4 is 4.74 Å². The number of rotatable bonds is 9. The lowest BCUT2D eigenvalue weighted by atomic mass is 10.1. The maximum absolute atomic E-state index is 11.7. The van der Waals surface area contributed by atoms with Crippen LogP contribution in [0.15, 0.2) is 18.2 Å². The van der Waals surface area contributed by atoms with Gasteiger partial charge in [-0.2, -0.15) is 0 Å². The number of halogens is 1. The largest absolute Gasteiger partial charge is 0.463 e. The first-order chi connectivity index (χ1) is 10.9. The van der Waals surface area contributed by atoms with E-state index in [0.717, 1.165) is 31.2 Å². The fourth-order valence-corrected chi connectivity index (χ4v) is 2.21. The van der Waals surface area contributed by atoms with Crippen molar-refractivity contribution in [2.45, 2.75) is 65.4 Å². The summed E-state index contributed by atoms with van der Waals surface area (Å²) in [6.45, 7) is 5.84. The minimum atomic E-state index is -0.456. The van der Waals surface area contributed by atoms with Gasteiger partial charge in [0.25, 0.3) is 0 Å². The third-order valence-electron chi connectivity index (χ3n) is 3.44. The normalized spacial score (nSPS) is 11.8. The lowest BCUT2D eigenvalue weighted by Crippen LogP contribution is -2.17. The van der Waals surface area contributed by atoms with Crippen LogP contribution in [-0.4, -0.2) is 18.0 Å². The summed E-state index contributed by atoms with van der Waals surface area (Å²) in [4.78, 5) is 23.4. The van der Waals surface area contributed by atoms with Gasteiger partial charge in [0.05, 0.1) is 18.9 Å². The van der Waals surface area contributed by atoms with E-state index in [1.165, 1.54) is 0 Å². The molecule has 1 rings (SSSR count). The molecule has 128 valence electrons. The molecule has 0 spiro atoms. The predicted molar refractivity (Wildman–Crippen MR) is 90.8 cm³/mol. The van der Waals surface area contributed by atoms with Gasteiger partial charge in [-0.3, -0.25) is 9.59 Å². The highest BCUT2D eigenvalue weighted by Gasteiger charge is 2.13. The van der Waals surface area contributed by atoms with E-state index >= 15 is 0 Å². The van der Waals surface area contributed by atoms with Crippen molar-refractivity contribution in [3.8, 4) is 5.75 Å². The van der Waals surface area contributed by atoms with E-state index in [2.05, 4.69) is 6.92 Å². The second-order valence-corrected chi connectivity index (χ2v) is 6.09. The number of hydrogen-bond acceptors (Lipinski definition) is 4. The van der Waals surface area contributed by atoms with Crippen molar-refractivity contribution in [3.05, 3.63) is 28.8 Å². The summed E-state index contributed by atoms with van der Waals surface area (Å²) >= 11 is 5.91. The molecule has 1 aromatic rings. The van der Waals surface area contributed by atoms with Crippen molar-refractivity contribution in [1.82, 2.24) is 0 Å². The van der Waals surface area contributed by atoms with Gasteiger partial charge in [0.15, 0.2) is 0 Å². The van der Waals surface area contributed by atoms with Crippen molar-refractivity contribution < 1.29 is 19.1 Å². The van der Waals surface area contributed by atoms with Crippen LogP contribution in [0, 0.1) is 6.92 Å². The van der Waals surface area contributed by atoms with Crippen LogP contribution in [0.1, 0.15) is 57.9 Å². The molecule has 0 aliphatic heterocycles. The Morgan fingerprint density at radius 3 is 2.52 bits per heavy atom. The highest BCUT2D eigenvalue weighted by molar-refractivity contribution is 6.31. The van der Waals surface area contributed by atoms with Gasteiger partial charge in [-0.25, -0.2) is 0 Å². The number of hydrogen-bond donors (Lipinski definition) is 0. The average Bonchev–Trinajstić information content (AvgIpc) is 2.49. The Hall–Kier alpha value is -1.55. The molecule has 0 amide bonds. The van der Waals surface area contributed by atoms with E-state index in [4.69, 9.17) is 21.1 Å². The van der Waals surface area contributed by atoms with E-state index in [1.54, 1.807) is 18.2 Å². The lowest BCUT2D eigenvalue weighted by molar-refractivity contribution is -0.151.